The van der Waals surface area contributed by atoms with E-state index >= 15 is 0 Å². The van der Waals surface area contributed by atoms with Gasteiger partial charge in [0.2, 0.25) is 11.8 Å². The maximum absolute atomic E-state index is 14.1. The van der Waals surface area contributed by atoms with Crippen LogP contribution in [-0.2, 0) is 9.59 Å². The van der Waals surface area contributed by atoms with Crippen molar-refractivity contribution in [2.75, 3.05) is 37.0 Å². The summed E-state index contributed by atoms with van der Waals surface area (Å²) in [6.07, 6.45) is 0.401. The molecule has 2 heterocycles. The Labute approximate surface area is 194 Å². The lowest BCUT2D eigenvalue weighted by atomic mass is 10.1. The fraction of sp³-hybridized carbons (Fsp3) is 0.273. The molecule has 1 fully saturated rings. The Morgan fingerprint density at radius 2 is 1.72 bits per heavy atom. The lowest BCUT2D eigenvalue weighted by molar-refractivity contribution is -0.121. The van der Waals surface area contributed by atoms with Crippen molar-refractivity contribution in [2.24, 2.45) is 0 Å². The molecule has 2 aromatic carbocycles. The summed E-state index contributed by atoms with van der Waals surface area (Å²) < 4.78 is 14.8. The summed E-state index contributed by atoms with van der Waals surface area (Å²) in [5, 5.41) is 0.418. The van der Waals surface area contributed by atoms with E-state index in [1.54, 1.807) is 36.4 Å². The number of hydrogen-bond acceptors (Lipinski definition) is 6. The Balaban J connectivity index is 0.00000289. The molecule has 0 bridgehead atoms. The van der Waals surface area contributed by atoms with Gasteiger partial charge in [0.1, 0.15) is 11.3 Å². The minimum Gasteiger partial charge on any atom is -0.308 e. The number of anilines is 2. The third-order valence-electron chi connectivity index (χ3n) is 5.03. The highest BCUT2D eigenvalue weighted by molar-refractivity contribution is 7.22. The number of benzene rings is 2. The fourth-order valence-corrected chi connectivity index (χ4v) is 4.38. The van der Waals surface area contributed by atoms with Crippen LogP contribution in [0.1, 0.15) is 23.2 Å². The number of halogens is 2. The SMILES string of the molecule is CN(C)CCN(C(=O)c1ccc(N2C(=O)CCC2=O)cc1)c1nc2c(F)cccc2s1.Cl. The molecule has 4 rings (SSSR count). The summed E-state index contributed by atoms with van der Waals surface area (Å²) in [5.74, 6) is -1.20. The molecular weight excluding hydrogens is 455 g/mol. The van der Waals surface area contributed by atoms with Gasteiger partial charge in [-0.05, 0) is 50.5 Å². The van der Waals surface area contributed by atoms with E-state index in [2.05, 4.69) is 4.98 Å². The normalized spacial score (nSPS) is 13.7. The first-order chi connectivity index (χ1) is 14.8. The number of imide groups is 1. The van der Waals surface area contributed by atoms with Crippen LogP contribution in [0.4, 0.5) is 15.2 Å². The monoisotopic (exact) mass is 476 g/mol. The molecule has 1 saturated heterocycles. The molecule has 0 spiro atoms. The number of nitrogens with zero attached hydrogens (tertiary/aromatic N) is 4. The Morgan fingerprint density at radius 1 is 1.06 bits per heavy atom. The molecule has 3 amide bonds. The first-order valence-corrected chi connectivity index (χ1v) is 10.6. The molecule has 10 heteroatoms. The predicted octanol–water partition coefficient (Wildman–Crippen LogP) is 3.72. The molecule has 7 nitrogen and oxygen atoms in total. The summed E-state index contributed by atoms with van der Waals surface area (Å²) in [7, 11) is 3.80. The van der Waals surface area contributed by atoms with Crippen molar-refractivity contribution < 1.29 is 18.8 Å². The third kappa shape index (κ3) is 4.64. The highest BCUT2D eigenvalue weighted by Crippen LogP contribution is 2.31. The molecule has 0 N–H and O–H groups in total. The number of carbonyl (C=O) groups is 3. The van der Waals surface area contributed by atoms with Gasteiger partial charge < -0.3 is 4.90 Å². The van der Waals surface area contributed by atoms with Crippen molar-refractivity contribution in [1.29, 1.82) is 0 Å². The van der Waals surface area contributed by atoms with Gasteiger partial charge in [-0.3, -0.25) is 24.2 Å². The topological polar surface area (TPSA) is 73.8 Å². The molecule has 0 atom stereocenters. The molecule has 1 aromatic heterocycles. The maximum atomic E-state index is 14.1. The van der Waals surface area contributed by atoms with Crippen molar-refractivity contribution >= 4 is 62.5 Å². The number of aromatic nitrogens is 1. The van der Waals surface area contributed by atoms with Crippen LogP contribution < -0.4 is 9.80 Å². The van der Waals surface area contributed by atoms with Gasteiger partial charge in [-0.25, -0.2) is 9.37 Å². The maximum Gasteiger partial charge on any atom is 0.260 e. The van der Waals surface area contributed by atoms with Crippen LogP contribution in [0, 0.1) is 5.82 Å². The largest absolute Gasteiger partial charge is 0.308 e. The van der Waals surface area contributed by atoms with E-state index in [0.29, 0.717) is 34.2 Å². The van der Waals surface area contributed by atoms with Gasteiger partial charge in [0.15, 0.2) is 5.13 Å². The van der Waals surface area contributed by atoms with E-state index in [0.717, 1.165) is 4.90 Å². The zero-order chi connectivity index (χ0) is 22.1. The highest BCUT2D eigenvalue weighted by Gasteiger charge is 2.30. The molecule has 0 unspecified atom stereocenters. The summed E-state index contributed by atoms with van der Waals surface area (Å²) >= 11 is 1.26. The van der Waals surface area contributed by atoms with Crippen molar-refractivity contribution in [3.63, 3.8) is 0 Å². The minimum absolute atomic E-state index is 0. The molecule has 1 aliphatic rings. The molecule has 0 saturated carbocycles. The molecular formula is C22H22ClFN4O3S. The van der Waals surface area contributed by atoms with E-state index in [1.165, 1.54) is 22.3 Å². The standard InChI is InChI=1S/C22H21FN4O3S.ClH/c1-25(2)12-13-26(22-24-20-16(23)4-3-5-17(20)31-22)21(30)14-6-8-15(9-7-14)27-18(28)10-11-19(27)29;/h3-9H,10-13H2,1-2H3;1H. The van der Waals surface area contributed by atoms with Crippen molar-refractivity contribution in [3.8, 4) is 0 Å². The summed E-state index contributed by atoms with van der Waals surface area (Å²) in [5.41, 5.74) is 1.08. The molecule has 1 aliphatic heterocycles. The first-order valence-electron chi connectivity index (χ1n) is 9.82. The van der Waals surface area contributed by atoms with Crippen molar-refractivity contribution in [3.05, 3.63) is 53.8 Å². The number of likely N-dealkylation sites (N-methyl/N-ethyl adjacent to an activating group) is 1. The number of thiazole rings is 1. The van der Waals surface area contributed by atoms with E-state index in [9.17, 15) is 18.8 Å². The van der Waals surface area contributed by atoms with Gasteiger partial charge >= 0.3 is 0 Å². The van der Waals surface area contributed by atoms with Crippen LogP contribution in [0.15, 0.2) is 42.5 Å². The van der Waals surface area contributed by atoms with E-state index in [-0.39, 0.29) is 48.5 Å². The predicted molar refractivity (Wildman–Crippen MR) is 125 cm³/mol. The zero-order valence-electron chi connectivity index (χ0n) is 17.6. The van der Waals surface area contributed by atoms with Gasteiger partial charge in [0, 0.05) is 31.5 Å². The molecule has 32 heavy (non-hydrogen) atoms. The van der Waals surface area contributed by atoms with E-state index in [4.69, 9.17) is 0 Å². The minimum atomic E-state index is -0.427. The van der Waals surface area contributed by atoms with Gasteiger partial charge in [0.05, 0.1) is 10.4 Å². The Bertz CT molecular complexity index is 1150. The van der Waals surface area contributed by atoms with Crippen LogP contribution in [0.3, 0.4) is 0 Å². The molecule has 3 aromatic rings. The average molecular weight is 477 g/mol. The number of hydrogen-bond donors (Lipinski definition) is 0. The van der Waals surface area contributed by atoms with Crippen LogP contribution in [0.2, 0.25) is 0 Å². The van der Waals surface area contributed by atoms with Crippen LogP contribution in [0.5, 0.6) is 0 Å². The van der Waals surface area contributed by atoms with Gasteiger partial charge in [-0.1, -0.05) is 17.4 Å². The summed E-state index contributed by atoms with van der Waals surface area (Å²) in [4.78, 5) is 46.2. The lowest BCUT2D eigenvalue weighted by Crippen LogP contribution is -2.36. The third-order valence-corrected chi connectivity index (χ3v) is 6.07. The van der Waals surface area contributed by atoms with Crippen molar-refractivity contribution in [2.45, 2.75) is 12.8 Å². The molecule has 0 aliphatic carbocycles. The second-order valence-electron chi connectivity index (χ2n) is 7.51. The van der Waals surface area contributed by atoms with E-state index < -0.39 is 5.82 Å². The van der Waals surface area contributed by atoms with Gasteiger partial charge in [-0.15, -0.1) is 12.4 Å². The number of para-hydroxylation sites is 1. The summed E-state index contributed by atoms with van der Waals surface area (Å²) in [6.45, 7) is 0.969. The number of fused-ring (bicyclic) bond motifs is 1. The number of carbonyl (C=O) groups excluding carboxylic acids is 3. The van der Waals surface area contributed by atoms with Crippen LogP contribution >= 0.6 is 23.7 Å². The van der Waals surface area contributed by atoms with Crippen molar-refractivity contribution in [1.82, 2.24) is 9.88 Å². The molecule has 0 radical (unpaired) electrons. The second kappa shape index (κ2) is 9.72. The van der Waals surface area contributed by atoms with Gasteiger partial charge in [0.25, 0.3) is 5.91 Å². The smallest absolute Gasteiger partial charge is 0.260 e. The first kappa shape index (κ1) is 23.8. The average Bonchev–Trinajstić information content (AvgIpc) is 3.32. The fourth-order valence-electron chi connectivity index (χ4n) is 3.38. The van der Waals surface area contributed by atoms with Crippen LogP contribution in [-0.4, -0.2) is 54.8 Å². The Morgan fingerprint density at radius 3 is 2.31 bits per heavy atom. The zero-order valence-corrected chi connectivity index (χ0v) is 19.2. The Kier molecular flexibility index (Phi) is 7.22. The van der Waals surface area contributed by atoms with Crippen LogP contribution in [0.25, 0.3) is 10.2 Å². The summed E-state index contributed by atoms with van der Waals surface area (Å²) in [6, 6.07) is 11.1. The van der Waals surface area contributed by atoms with Gasteiger partial charge in [-0.2, -0.15) is 0 Å². The van der Waals surface area contributed by atoms with E-state index in [1.807, 2.05) is 19.0 Å². The number of rotatable bonds is 6. The lowest BCUT2D eigenvalue weighted by Gasteiger charge is -2.22. The molecule has 168 valence electrons. The number of amides is 3. The highest BCUT2D eigenvalue weighted by atomic mass is 35.5. The quantitative estimate of drug-likeness (QED) is 0.507. The Hall–Kier alpha value is -2.88. The second-order valence-corrected chi connectivity index (χ2v) is 8.52.